The zero-order chi connectivity index (χ0) is 21.8. The summed E-state index contributed by atoms with van der Waals surface area (Å²) in [6.07, 6.45) is 14.9. The molecule has 0 aliphatic heterocycles. The summed E-state index contributed by atoms with van der Waals surface area (Å²) in [6, 6.07) is 18.3. The van der Waals surface area contributed by atoms with Crippen molar-refractivity contribution >= 4 is 11.8 Å². The van der Waals surface area contributed by atoms with Crippen molar-refractivity contribution in [2.75, 3.05) is 0 Å². The summed E-state index contributed by atoms with van der Waals surface area (Å²) in [4.78, 5) is 4.51. The summed E-state index contributed by atoms with van der Waals surface area (Å²) < 4.78 is 0. The number of rotatable bonds is 10. The van der Waals surface area contributed by atoms with Gasteiger partial charge in [0.05, 0.1) is 6.54 Å². The topological polar surface area (TPSA) is 12.4 Å². The third kappa shape index (κ3) is 6.33. The Morgan fingerprint density at radius 2 is 1.87 bits per heavy atom. The van der Waals surface area contributed by atoms with Gasteiger partial charge >= 0.3 is 0 Å². The third-order valence-corrected chi connectivity index (χ3v) is 4.38. The van der Waals surface area contributed by atoms with Crippen molar-refractivity contribution in [2.24, 2.45) is 4.99 Å². The van der Waals surface area contributed by atoms with Gasteiger partial charge in [-0.3, -0.25) is 4.99 Å². The van der Waals surface area contributed by atoms with E-state index < -0.39 is 0 Å². The lowest BCUT2D eigenvalue weighted by atomic mass is 9.90. The maximum Gasteiger partial charge on any atom is 0.0640 e. The number of aliphatic imine (C=N–C) groups is 1. The molecule has 0 amide bonds. The lowest BCUT2D eigenvalue weighted by molar-refractivity contribution is 1.08. The molecule has 0 bridgehead atoms. The Morgan fingerprint density at radius 3 is 2.53 bits per heavy atom. The fourth-order valence-electron chi connectivity index (χ4n) is 2.88. The number of allylic oxidation sites excluding steroid dienone is 10. The van der Waals surface area contributed by atoms with Gasteiger partial charge in [0.25, 0.3) is 0 Å². The fourth-order valence-corrected chi connectivity index (χ4v) is 2.88. The lowest BCUT2D eigenvalue weighted by Gasteiger charge is -2.15. The van der Waals surface area contributed by atoms with E-state index in [1.165, 1.54) is 0 Å². The molecule has 1 heteroatoms. The SMILES string of the molecule is C=C/C=C\C(=C)C(=C)/C(=C\C=C)c1cc(CN=C/C=C/C)cc(-c2cc#ccc2)c1. The zero-order valence-corrected chi connectivity index (χ0v) is 17.6. The highest BCUT2D eigenvalue weighted by Gasteiger charge is 2.11. The highest BCUT2D eigenvalue weighted by atomic mass is 14.7. The predicted molar refractivity (Wildman–Crippen MR) is 132 cm³/mol. The van der Waals surface area contributed by atoms with Gasteiger partial charge in [0.15, 0.2) is 0 Å². The van der Waals surface area contributed by atoms with Gasteiger partial charge in [-0.1, -0.05) is 74.9 Å². The summed E-state index contributed by atoms with van der Waals surface area (Å²) in [5, 5.41) is 0. The third-order valence-electron chi connectivity index (χ3n) is 4.38. The van der Waals surface area contributed by atoms with Gasteiger partial charge in [0.1, 0.15) is 0 Å². The van der Waals surface area contributed by atoms with Gasteiger partial charge in [-0.05, 0) is 88.4 Å². The standard InChI is InChI=1S/C29H27N/c1-6-9-15-23(4)24(5)29(14-8-3)28-20-25(22-30-18-10-7-2)19-27(21-28)26-16-12-11-13-17-26/h6-10,12,14-21H,1,3-5,22H2,2H3/b10-7+,15-9-,29-14+,30-18?. The Balaban J connectivity index is 2.56. The average molecular weight is 390 g/mol. The second kappa shape index (κ2) is 11.8. The molecule has 0 aliphatic carbocycles. The molecule has 0 spiro atoms. The van der Waals surface area contributed by atoms with Gasteiger partial charge in [0, 0.05) is 6.21 Å². The van der Waals surface area contributed by atoms with Crippen LogP contribution < -0.4 is 0 Å². The van der Waals surface area contributed by atoms with Gasteiger partial charge < -0.3 is 0 Å². The monoisotopic (exact) mass is 389 g/mol. The predicted octanol–water partition coefficient (Wildman–Crippen LogP) is 7.52. The molecule has 2 aromatic rings. The van der Waals surface area contributed by atoms with Gasteiger partial charge in [-0.25, -0.2) is 0 Å². The van der Waals surface area contributed by atoms with E-state index in [2.05, 4.69) is 61.6 Å². The Kier molecular flexibility index (Phi) is 8.84. The number of hydrogen-bond donors (Lipinski definition) is 0. The molecule has 0 saturated carbocycles. The molecule has 0 unspecified atom stereocenters. The van der Waals surface area contributed by atoms with Crippen molar-refractivity contribution in [2.45, 2.75) is 13.5 Å². The van der Waals surface area contributed by atoms with Crippen LogP contribution >= 0.6 is 0 Å². The molecule has 0 heterocycles. The van der Waals surface area contributed by atoms with E-state index in [4.69, 9.17) is 0 Å². The van der Waals surface area contributed by atoms with Crippen molar-refractivity contribution in [3.8, 4) is 11.1 Å². The van der Waals surface area contributed by atoms with Crippen LogP contribution in [-0.4, -0.2) is 6.21 Å². The largest absolute Gasteiger partial charge is 0.288 e. The smallest absolute Gasteiger partial charge is 0.0640 e. The first-order chi connectivity index (χ1) is 14.6. The van der Waals surface area contributed by atoms with Crippen molar-refractivity contribution < 1.29 is 0 Å². The zero-order valence-electron chi connectivity index (χ0n) is 17.6. The molecule has 0 aromatic heterocycles. The molecule has 2 rings (SSSR count). The molecule has 0 radical (unpaired) electrons. The number of nitrogens with zero attached hydrogens (tertiary/aromatic N) is 1. The van der Waals surface area contributed by atoms with E-state index >= 15 is 0 Å². The normalized spacial score (nSPS) is 11.7. The lowest BCUT2D eigenvalue weighted by Crippen LogP contribution is -1.95. The first kappa shape index (κ1) is 22.4. The highest BCUT2D eigenvalue weighted by molar-refractivity contribution is 5.86. The van der Waals surface area contributed by atoms with Crippen LogP contribution in [0.4, 0.5) is 0 Å². The average Bonchev–Trinajstić information content (AvgIpc) is 2.78. The Hall–Kier alpha value is -3.89. The summed E-state index contributed by atoms with van der Waals surface area (Å²) in [5.74, 6) is 0. The molecule has 0 saturated heterocycles. The molecule has 0 atom stereocenters. The fraction of sp³-hybridized carbons (Fsp3) is 0.0690. The van der Waals surface area contributed by atoms with Gasteiger partial charge in [-0.15, -0.1) is 0 Å². The van der Waals surface area contributed by atoms with Crippen LogP contribution in [-0.2, 0) is 6.54 Å². The van der Waals surface area contributed by atoms with Crippen LogP contribution in [0.25, 0.3) is 16.7 Å². The number of hydrogen-bond acceptors (Lipinski definition) is 1. The van der Waals surface area contributed by atoms with Gasteiger partial charge in [-0.2, -0.15) is 0 Å². The minimum absolute atomic E-state index is 0.582. The van der Waals surface area contributed by atoms with Crippen molar-refractivity contribution in [3.63, 3.8) is 0 Å². The second-order valence-electron chi connectivity index (χ2n) is 6.57. The second-order valence-corrected chi connectivity index (χ2v) is 6.57. The first-order valence-electron chi connectivity index (χ1n) is 9.74. The molecule has 0 N–H and O–H groups in total. The molecule has 30 heavy (non-hydrogen) atoms. The van der Waals surface area contributed by atoms with E-state index in [0.717, 1.165) is 39.0 Å². The number of benzene rings is 1. The van der Waals surface area contributed by atoms with E-state index in [0.29, 0.717) is 6.54 Å². The highest BCUT2D eigenvalue weighted by Crippen LogP contribution is 2.32. The van der Waals surface area contributed by atoms with Crippen LogP contribution in [0, 0.1) is 12.1 Å². The Morgan fingerprint density at radius 1 is 1.03 bits per heavy atom. The van der Waals surface area contributed by atoms with Gasteiger partial charge in [0.2, 0.25) is 0 Å². The molecule has 0 aliphatic rings. The van der Waals surface area contributed by atoms with Crippen LogP contribution in [0.2, 0.25) is 0 Å². The molecule has 2 aromatic carbocycles. The quantitative estimate of drug-likeness (QED) is 0.294. The maximum atomic E-state index is 4.51. The van der Waals surface area contributed by atoms with E-state index in [1.54, 1.807) is 12.2 Å². The van der Waals surface area contributed by atoms with Crippen molar-refractivity contribution in [1.82, 2.24) is 0 Å². The van der Waals surface area contributed by atoms with Crippen LogP contribution in [0.3, 0.4) is 0 Å². The van der Waals surface area contributed by atoms with Crippen molar-refractivity contribution in [3.05, 3.63) is 140 Å². The molecule has 1 nitrogen and oxygen atoms in total. The maximum absolute atomic E-state index is 4.51. The minimum Gasteiger partial charge on any atom is -0.288 e. The summed E-state index contributed by atoms with van der Waals surface area (Å²) in [5.41, 5.74) is 6.92. The van der Waals surface area contributed by atoms with Crippen molar-refractivity contribution in [1.29, 1.82) is 0 Å². The molecule has 148 valence electrons. The molecular weight excluding hydrogens is 362 g/mol. The Labute approximate surface area is 181 Å². The van der Waals surface area contributed by atoms with Crippen LogP contribution in [0.1, 0.15) is 18.1 Å². The minimum atomic E-state index is 0.582. The van der Waals surface area contributed by atoms with E-state index in [-0.39, 0.29) is 0 Å². The molecule has 0 fully saturated rings. The Bertz CT molecular complexity index is 1030. The first-order valence-corrected chi connectivity index (χ1v) is 9.74. The van der Waals surface area contributed by atoms with Crippen LogP contribution in [0.15, 0.2) is 121 Å². The van der Waals surface area contributed by atoms with Crippen LogP contribution in [0.5, 0.6) is 0 Å². The van der Waals surface area contributed by atoms with E-state index in [1.807, 2.05) is 61.7 Å². The van der Waals surface area contributed by atoms with E-state index in [9.17, 15) is 0 Å². The summed E-state index contributed by atoms with van der Waals surface area (Å²) >= 11 is 0. The molecular formula is C29H27N. The summed E-state index contributed by atoms with van der Waals surface area (Å²) in [7, 11) is 0. The summed E-state index contributed by atoms with van der Waals surface area (Å²) in [6.45, 7) is 18.6.